The molecule has 0 aliphatic heterocycles. The summed E-state index contributed by atoms with van der Waals surface area (Å²) in [6, 6.07) is 10.9. The molecular formula is C18H17ClN4O2. The summed E-state index contributed by atoms with van der Waals surface area (Å²) in [6.07, 6.45) is 7.96. The van der Waals surface area contributed by atoms with Crippen molar-refractivity contribution in [2.45, 2.75) is 31.4 Å². The van der Waals surface area contributed by atoms with Crippen molar-refractivity contribution >= 4 is 17.6 Å². The Morgan fingerprint density at radius 2 is 2.04 bits per heavy atom. The highest BCUT2D eigenvalue weighted by Crippen LogP contribution is 2.32. The van der Waals surface area contributed by atoms with E-state index >= 15 is 0 Å². The number of hydrogen-bond donors (Lipinski definition) is 0. The van der Waals surface area contributed by atoms with Crippen molar-refractivity contribution in [3.63, 3.8) is 0 Å². The van der Waals surface area contributed by atoms with E-state index in [-0.39, 0.29) is 17.8 Å². The lowest BCUT2D eigenvalue weighted by Crippen LogP contribution is -2.25. The summed E-state index contributed by atoms with van der Waals surface area (Å²) in [7, 11) is 0. The van der Waals surface area contributed by atoms with Gasteiger partial charge in [-0.3, -0.25) is 4.68 Å². The van der Waals surface area contributed by atoms with E-state index in [1.54, 1.807) is 29.2 Å². The number of esters is 1. The number of aromatic nitrogens is 4. The third kappa shape index (κ3) is 3.17. The number of benzene rings is 1. The van der Waals surface area contributed by atoms with Crippen LogP contribution in [0, 0.1) is 0 Å². The van der Waals surface area contributed by atoms with Crippen LogP contribution in [0.5, 0.6) is 0 Å². The van der Waals surface area contributed by atoms with Crippen LogP contribution in [-0.4, -0.2) is 31.6 Å². The second kappa shape index (κ2) is 6.72. The van der Waals surface area contributed by atoms with Crippen molar-refractivity contribution < 1.29 is 9.53 Å². The number of halogens is 1. The molecule has 0 N–H and O–H groups in total. The summed E-state index contributed by atoms with van der Waals surface area (Å²) < 4.78 is 9.15. The van der Waals surface area contributed by atoms with E-state index < -0.39 is 5.97 Å². The molecule has 1 fully saturated rings. The van der Waals surface area contributed by atoms with Gasteiger partial charge in [0.2, 0.25) is 0 Å². The highest BCUT2D eigenvalue weighted by molar-refractivity contribution is 6.32. The third-order valence-electron chi connectivity index (χ3n) is 4.44. The van der Waals surface area contributed by atoms with Gasteiger partial charge in [-0.05, 0) is 43.5 Å². The molecule has 0 spiro atoms. The first-order chi connectivity index (χ1) is 12.2. The molecule has 2 atom stereocenters. The van der Waals surface area contributed by atoms with Gasteiger partial charge in [-0.15, -0.1) is 0 Å². The summed E-state index contributed by atoms with van der Waals surface area (Å²) >= 11 is 6.17. The van der Waals surface area contributed by atoms with Crippen LogP contribution in [0.25, 0.3) is 5.69 Å². The van der Waals surface area contributed by atoms with Gasteiger partial charge in [-0.25, -0.2) is 9.48 Å². The van der Waals surface area contributed by atoms with E-state index in [1.165, 1.54) is 0 Å². The average Bonchev–Trinajstić information content (AvgIpc) is 3.36. The summed E-state index contributed by atoms with van der Waals surface area (Å²) in [5, 5.41) is 9.15. The van der Waals surface area contributed by atoms with Crippen molar-refractivity contribution in [3.8, 4) is 5.69 Å². The van der Waals surface area contributed by atoms with Crippen LogP contribution >= 0.6 is 11.6 Å². The van der Waals surface area contributed by atoms with Gasteiger partial charge < -0.3 is 4.74 Å². The topological polar surface area (TPSA) is 61.9 Å². The van der Waals surface area contributed by atoms with E-state index in [4.69, 9.17) is 16.3 Å². The molecule has 7 heteroatoms. The van der Waals surface area contributed by atoms with Gasteiger partial charge >= 0.3 is 5.97 Å². The molecule has 4 rings (SSSR count). The Labute approximate surface area is 150 Å². The molecule has 0 unspecified atom stereocenters. The molecule has 1 aliphatic rings. The standard InChI is InChI=1S/C18H17ClN4O2/c19-13-5-1-2-6-15(13)23-12-9-14(21-23)18(24)25-17-8-3-7-16(17)22-11-4-10-20-22/h1-2,4-6,9-12,16-17H,3,7-8H2/t16-,17-/m1/s1. The largest absolute Gasteiger partial charge is 0.455 e. The number of ether oxygens (including phenoxy) is 1. The van der Waals surface area contributed by atoms with E-state index in [1.807, 2.05) is 35.1 Å². The molecule has 2 aromatic heterocycles. The van der Waals surface area contributed by atoms with Crippen molar-refractivity contribution in [1.82, 2.24) is 19.6 Å². The molecule has 0 radical (unpaired) electrons. The predicted molar refractivity (Wildman–Crippen MR) is 92.9 cm³/mol. The minimum absolute atomic E-state index is 0.0876. The molecule has 6 nitrogen and oxygen atoms in total. The summed E-state index contributed by atoms with van der Waals surface area (Å²) in [4.78, 5) is 12.5. The molecule has 3 aromatic rings. The highest BCUT2D eigenvalue weighted by Gasteiger charge is 2.33. The Morgan fingerprint density at radius 3 is 2.84 bits per heavy atom. The molecule has 128 valence electrons. The lowest BCUT2D eigenvalue weighted by atomic mass is 10.2. The lowest BCUT2D eigenvalue weighted by Gasteiger charge is -2.20. The molecule has 0 bridgehead atoms. The van der Waals surface area contributed by atoms with Crippen LogP contribution in [0.1, 0.15) is 35.8 Å². The number of carbonyl (C=O) groups excluding carboxylic acids is 1. The van der Waals surface area contributed by atoms with Crippen molar-refractivity contribution in [3.05, 3.63) is 65.7 Å². The normalized spacial score (nSPS) is 19.9. The Morgan fingerprint density at radius 1 is 1.16 bits per heavy atom. The van der Waals surface area contributed by atoms with E-state index in [9.17, 15) is 4.79 Å². The minimum atomic E-state index is -0.421. The van der Waals surface area contributed by atoms with Crippen LogP contribution in [0.3, 0.4) is 0 Å². The Kier molecular flexibility index (Phi) is 4.28. The van der Waals surface area contributed by atoms with Crippen LogP contribution in [0.4, 0.5) is 0 Å². The molecule has 1 aromatic carbocycles. The quantitative estimate of drug-likeness (QED) is 0.669. The van der Waals surface area contributed by atoms with Crippen molar-refractivity contribution in [2.75, 3.05) is 0 Å². The van der Waals surface area contributed by atoms with Gasteiger partial charge in [0, 0.05) is 18.6 Å². The molecule has 25 heavy (non-hydrogen) atoms. The second-order valence-corrected chi connectivity index (χ2v) is 6.43. The van der Waals surface area contributed by atoms with Crippen LogP contribution in [0.15, 0.2) is 55.0 Å². The third-order valence-corrected chi connectivity index (χ3v) is 4.76. The molecule has 1 aliphatic carbocycles. The zero-order chi connectivity index (χ0) is 17.2. The zero-order valence-corrected chi connectivity index (χ0v) is 14.2. The maximum Gasteiger partial charge on any atom is 0.359 e. The van der Waals surface area contributed by atoms with Crippen LogP contribution in [0.2, 0.25) is 5.02 Å². The van der Waals surface area contributed by atoms with Gasteiger partial charge in [0.05, 0.1) is 16.8 Å². The first-order valence-corrected chi connectivity index (χ1v) is 8.61. The van der Waals surface area contributed by atoms with E-state index in [0.29, 0.717) is 5.02 Å². The maximum absolute atomic E-state index is 12.5. The summed E-state index contributed by atoms with van der Waals surface area (Å²) in [5.74, 6) is -0.421. The van der Waals surface area contributed by atoms with Gasteiger partial charge in [0.1, 0.15) is 6.10 Å². The van der Waals surface area contributed by atoms with Crippen LogP contribution < -0.4 is 0 Å². The molecule has 1 saturated carbocycles. The lowest BCUT2D eigenvalue weighted by molar-refractivity contribution is 0.0202. The number of carbonyl (C=O) groups is 1. The fraction of sp³-hybridized carbons (Fsp3) is 0.278. The Bertz CT molecular complexity index is 875. The number of para-hydroxylation sites is 1. The number of rotatable bonds is 4. The van der Waals surface area contributed by atoms with E-state index in [0.717, 1.165) is 24.9 Å². The molecular weight excluding hydrogens is 340 g/mol. The molecule has 2 heterocycles. The SMILES string of the molecule is O=C(O[C@@H]1CCC[C@H]1n1cccn1)c1ccn(-c2ccccc2Cl)n1. The Balaban J connectivity index is 1.49. The average molecular weight is 357 g/mol. The first-order valence-electron chi connectivity index (χ1n) is 8.23. The fourth-order valence-corrected chi connectivity index (χ4v) is 3.45. The smallest absolute Gasteiger partial charge is 0.359 e. The van der Waals surface area contributed by atoms with Gasteiger partial charge in [0.15, 0.2) is 5.69 Å². The molecule has 0 amide bonds. The monoisotopic (exact) mass is 356 g/mol. The highest BCUT2D eigenvalue weighted by atomic mass is 35.5. The number of nitrogens with zero attached hydrogens (tertiary/aromatic N) is 4. The molecule has 0 saturated heterocycles. The summed E-state index contributed by atoms with van der Waals surface area (Å²) in [5.41, 5.74) is 0.990. The van der Waals surface area contributed by atoms with Crippen LogP contribution in [-0.2, 0) is 4.74 Å². The van der Waals surface area contributed by atoms with E-state index in [2.05, 4.69) is 10.2 Å². The predicted octanol–water partition coefficient (Wildman–Crippen LogP) is 3.67. The number of hydrogen-bond acceptors (Lipinski definition) is 4. The van der Waals surface area contributed by atoms with Gasteiger partial charge in [-0.2, -0.15) is 10.2 Å². The maximum atomic E-state index is 12.5. The Hall–Kier alpha value is -2.60. The van der Waals surface area contributed by atoms with Crippen molar-refractivity contribution in [1.29, 1.82) is 0 Å². The minimum Gasteiger partial charge on any atom is -0.455 e. The van der Waals surface area contributed by atoms with Gasteiger partial charge in [-0.1, -0.05) is 23.7 Å². The summed E-state index contributed by atoms with van der Waals surface area (Å²) in [6.45, 7) is 0. The fourth-order valence-electron chi connectivity index (χ4n) is 3.23. The first kappa shape index (κ1) is 15.9. The van der Waals surface area contributed by atoms with Crippen molar-refractivity contribution in [2.24, 2.45) is 0 Å². The zero-order valence-electron chi connectivity index (χ0n) is 13.5. The van der Waals surface area contributed by atoms with Gasteiger partial charge in [0.25, 0.3) is 0 Å². The second-order valence-electron chi connectivity index (χ2n) is 6.03.